The van der Waals surface area contributed by atoms with Crippen molar-refractivity contribution < 1.29 is 13.3 Å². The van der Waals surface area contributed by atoms with Crippen LogP contribution in [0.25, 0.3) is 0 Å². The first-order chi connectivity index (χ1) is 9.77. The van der Waals surface area contributed by atoms with Crippen molar-refractivity contribution in [2.75, 3.05) is 19.4 Å². The molecule has 7 nitrogen and oxygen atoms in total. The summed E-state index contributed by atoms with van der Waals surface area (Å²) in [6.45, 7) is 3.75. The number of sulfonamides is 1. The van der Waals surface area contributed by atoms with Crippen molar-refractivity contribution in [2.24, 2.45) is 0 Å². The van der Waals surface area contributed by atoms with Gasteiger partial charge in [-0.15, -0.1) is 0 Å². The molecule has 0 aromatic heterocycles. The number of nitrogens with zero attached hydrogens (tertiary/aromatic N) is 2. The second kappa shape index (κ2) is 6.86. The van der Waals surface area contributed by atoms with Crippen LogP contribution in [0.1, 0.15) is 26.7 Å². The highest BCUT2D eigenvalue weighted by Gasteiger charge is 2.33. The summed E-state index contributed by atoms with van der Waals surface area (Å²) in [5, 5.41) is 13.9. The minimum Gasteiger partial charge on any atom is -0.383 e. The van der Waals surface area contributed by atoms with Gasteiger partial charge < -0.3 is 5.32 Å². The largest absolute Gasteiger partial charge is 0.383 e. The van der Waals surface area contributed by atoms with E-state index in [9.17, 15) is 18.5 Å². The van der Waals surface area contributed by atoms with E-state index in [0.717, 1.165) is 6.42 Å². The summed E-state index contributed by atoms with van der Waals surface area (Å²) in [5.74, 6) is 0. The first-order valence-electron chi connectivity index (χ1n) is 6.70. The highest BCUT2D eigenvalue weighted by Crippen LogP contribution is 2.33. The third-order valence-electron chi connectivity index (χ3n) is 3.44. The lowest BCUT2D eigenvalue weighted by Gasteiger charge is -2.24. The maximum absolute atomic E-state index is 12.6. The van der Waals surface area contributed by atoms with E-state index in [1.807, 2.05) is 6.92 Å². The molecule has 0 saturated heterocycles. The van der Waals surface area contributed by atoms with E-state index in [2.05, 4.69) is 5.32 Å². The molecule has 0 saturated carbocycles. The number of anilines is 1. The maximum Gasteiger partial charge on any atom is 0.312 e. The topological polar surface area (TPSA) is 92.6 Å². The molecule has 0 heterocycles. The fraction of sp³-hybridized carbons (Fsp3) is 0.538. The Balaban J connectivity index is 3.41. The van der Waals surface area contributed by atoms with Gasteiger partial charge >= 0.3 is 5.69 Å². The van der Waals surface area contributed by atoms with Gasteiger partial charge in [0.15, 0.2) is 4.90 Å². The molecular weight excluding hydrogens is 294 g/mol. The van der Waals surface area contributed by atoms with Crippen LogP contribution in [0.15, 0.2) is 23.1 Å². The number of rotatable bonds is 7. The lowest BCUT2D eigenvalue weighted by atomic mass is 10.2. The van der Waals surface area contributed by atoms with Crippen molar-refractivity contribution in [3.63, 3.8) is 0 Å². The van der Waals surface area contributed by atoms with Crippen molar-refractivity contribution in [3.05, 3.63) is 28.3 Å². The monoisotopic (exact) mass is 315 g/mol. The van der Waals surface area contributed by atoms with Crippen LogP contribution >= 0.6 is 0 Å². The van der Waals surface area contributed by atoms with Gasteiger partial charge in [-0.1, -0.05) is 19.4 Å². The molecule has 21 heavy (non-hydrogen) atoms. The van der Waals surface area contributed by atoms with Crippen LogP contribution in [-0.4, -0.2) is 37.8 Å². The first-order valence-corrected chi connectivity index (χ1v) is 8.14. The number of para-hydroxylation sites is 1. The molecule has 1 N–H and O–H groups in total. The van der Waals surface area contributed by atoms with Gasteiger partial charge in [0.25, 0.3) is 0 Å². The van der Waals surface area contributed by atoms with Crippen molar-refractivity contribution >= 4 is 21.4 Å². The average Bonchev–Trinajstić information content (AvgIpc) is 2.45. The molecule has 1 rings (SSSR count). The zero-order valence-corrected chi connectivity index (χ0v) is 13.5. The van der Waals surface area contributed by atoms with Crippen molar-refractivity contribution in [2.45, 2.75) is 37.6 Å². The minimum absolute atomic E-state index is 0.178. The highest BCUT2D eigenvalue weighted by molar-refractivity contribution is 7.89. The molecule has 8 heteroatoms. The van der Waals surface area contributed by atoms with Crippen molar-refractivity contribution in [3.8, 4) is 0 Å². The molecule has 0 fully saturated rings. The molecule has 0 aliphatic heterocycles. The molecule has 0 bridgehead atoms. The van der Waals surface area contributed by atoms with Crippen LogP contribution in [-0.2, 0) is 10.0 Å². The van der Waals surface area contributed by atoms with E-state index in [-0.39, 0.29) is 16.6 Å². The summed E-state index contributed by atoms with van der Waals surface area (Å²) in [6.07, 6.45) is 1.52. The lowest BCUT2D eigenvalue weighted by molar-refractivity contribution is -0.386. The summed E-state index contributed by atoms with van der Waals surface area (Å²) in [6, 6.07) is 4.01. The van der Waals surface area contributed by atoms with Crippen LogP contribution in [0, 0.1) is 10.1 Å². The summed E-state index contributed by atoms with van der Waals surface area (Å²) >= 11 is 0. The summed E-state index contributed by atoms with van der Waals surface area (Å²) in [4.78, 5) is 10.3. The molecule has 0 amide bonds. The Kier molecular flexibility index (Phi) is 5.68. The van der Waals surface area contributed by atoms with Gasteiger partial charge in [-0.2, -0.15) is 4.31 Å². The van der Waals surface area contributed by atoms with E-state index in [0.29, 0.717) is 6.42 Å². The van der Waals surface area contributed by atoms with Gasteiger partial charge in [0.1, 0.15) is 5.69 Å². The predicted octanol–water partition coefficient (Wildman–Crippen LogP) is 2.45. The Morgan fingerprint density at radius 2 is 2.05 bits per heavy atom. The molecule has 0 aliphatic rings. The van der Waals surface area contributed by atoms with Crippen LogP contribution in [0.4, 0.5) is 11.4 Å². The number of nitro groups is 1. The smallest absolute Gasteiger partial charge is 0.312 e. The average molecular weight is 315 g/mol. The zero-order valence-electron chi connectivity index (χ0n) is 12.7. The molecule has 1 aromatic rings. The highest BCUT2D eigenvalue weighted by atomic mass is 32.2. The van der Waals surface area contributed by atoms with Gasteiger partial charge in [0.2, 0.25) is 10.0 Å². The number of hydrogen-bond acceptors (Lipinski definition) is 5. The molecule has 118 valence electrons. The van der Waals surface area contributed by atoms with Crippen molar-refractivity contribution in [1.82, 2.24) is 4.31 Å². The third kappa shape index (κ3) is 3.51. The maximum atomic E-state index is 12.6. The quantitative estimate of drug-likeness (QED) is 0.616. The van der Waals surface area contributed by atoms with Gasteiger partial charge in [-0.05, 0) is 25.5 Å². The zero-order chi connectivity index (χ0) is 16.2. The van der Waals surface area contributed by atoms with E-state index < -0.39 is 20.6 Å². The van der Waals surface area contributed by atoms with Gasteiger partial charge in [0.05, 0.1) is 4.92 Å². The summed E-state index contributed by atoms with van der Waals surface area (Å²) in [7, 11) is -0.951. The molecule has 1 unspecified atom stereocenters. The molecule has 0 spiro atoms. The molecule has 0 radical (unpaired) electrons. The second-order valence-corrected chi connectivity index (χ2v) is 6.78. The fourth-order valence-electron chi connectivity index (χ4n) is 2.11. The summed E-state index contributed by atoms with van der Waals surface area (Å²) in [5.41, 5.74) is -0.242. The molecule has 1 aromatic carbocycles. The minimum atomic E-state index is -3.92. The Labute approximate surface area is 125 Å². The van der Waals surface area contributed by atoms with E-state index in [4.69, 9.17) is 0 Å². The van der Waals surface area contributed by atoms with Gasteiger partial charge in [0, 0.05) is 20.1 Å². The SMILES string of the molecule is CCCC(C)N(C)S(=O)(=O)c1cccc(NC)c1[N+](=O)[O-]. The Bertz CT molecular complexity index is 616. The van der Waals surface area contributed by atoms with Crippen LogP contribution in [0.2, 0.25) is 0 Å². The lowest BCUT2D eigenvalue weighted by Crippen LogP contribution is -2.35. The second-order valence-electron chi connectivity index (χ2n) is 4.82. The predicted molar refractivity (Wildman–Crippen MR) is 82.0 cm³/mol. The number of nitro benzene ring substituents is 1. The Hall–Kier alpha value is -1.67. The van der Waals surface area contributed by atoms with E-state index in [1.54, 1.807) is 6.92 Å². The molecule has 0 aliphatic carbocycles. The van der Waals surface area contributed by atoms with E-state index in [1.165, 1.54) is 36.6 Å². The Morgan fingerprint density at radius 3 is 2.52 bits per heavy atom. The Morgan fingerprint density at radius 1 is 1.43 bits per heavy atom. The van der Waals surface area contributed by atoms with Crippen LogP contribution < -0.4 is 5.32 Å². The molecular formula is C13H21N3O4S. The fourth-order valence-corrected chi connectivity index (χ4v) is 3.68. The number of benzene rings is 1. The molecule has 1 atom stereocenters. The number of nitrogens with one attached hydrogen (secondary N) is 1. The third-order valence-corrected chi connectivity index (χ3v) is 5.44. The van der Waals surface area contributed by atoms with Crippen LogP contribution in [0.5, 0.6) is 0 Å². The van der Waals surface area contributed by atoms with Crippen LogP contribution in [0.3, 0.4) is 0 Å². The van der Waals surface area contributed by atoms with Gasteiger partial charge in [-0.3, -0.25) is 10.1 Å². The first kappa shape index (κ1) is 17.4. The number of hydrogen-bond donors (Lipinski definition) is 1. The van der Waals surface area contributed by atoms with E-state index >= 15 is 0 Å². The summed E-state index contributed by atoms with van der Waals surface area (Å²) < 4.78 is 26.5. The van der Waals surface area contributed by atoms with Crippen molar-refractivity contribution in [1.29, 1.82) is 0 Å². The standard InChI is InChI=1S/C13H21N3O4S/c1-5-7-10(2)15(4)21(19,20)12-9-6-8-11(14-3)13(12)16(17)18/h6,8-10,14H,5,7H2,1-4H3. The normalized spacial score (nSPS) is 13.2. The van der Waals surface area contributed by atoms with Gasteiger partial charge in [-0.25, -0.2) is 8.42 Å².